The van der Waals surface area contributed by atoms with Gasteiger partial charge in [0.2, 0.25) is 5.76 Å². The second kappa shape index (κ2) is 6.77. The first-order chi connectivity index (χ1) is 11.7. The minimum atomic E-state index is -3.19. The van der Waals surface area contributed by atoms with Gasteiger partial charge in [0.1, 0.15) is 5.76 Å². The smallest absolute Gasteiger partial charge is 0.371 e. The highest BCUT2D eigenvalue weighted by molar-refractivity contribution is 7.91. The Kier molecular flexibility index (Phi) is 4.85. The van der Waals surface area contributed by atoms with E-state index in [-0.39, 0.29) is 35.8 Å². The molecule has 2 saturated heterocycles. The number of furan rings is 1. The number of rotatable bonds is 6. The summed E-state index contributed by atoms with van der Waals surface area (Å²) in [6.07, 6.45) is -0.0244. The van der Waals surface area contributed by atoms with Crippen LogP contribution in [0.4, 0.5) is 0 Å². The van der Waals surface area contributed by atoms with E-state index in [1.54, 1.807) is 6.07 Å². The lowest BCUT2D eigenvalue weighted by molar-refractivity contribution is -0.137. The lowest BCUT2D eigenvalue weighted by atomic mass is 10.0. The van der Waals surface area contributed by atoms with Crippen LogP contribution in [0.3, 0.4) is 0 Å². The zero-order valence-electron chi connectivity index (χ0n) is 13.5. The zero-order valence-corrected chi connectivity index (χ0v) is 14.3. The van der Waals surface area contributed by atoms with Gasteiger partial charge in [0.05, 0.1) is 24.5 Å². The molecule has 0 aromatic carbocycles. The van der Waals surface area contributed by atoms with Crippen molar-refractivity contribution < 1.29 is 32.6 Å². The maximum atomic E-state index is 12.1. The number of sulfone groups is 1. The first-order valence-electron chi connectivity index (χ1n) is 7.97. The third kappa shape index (κ3) is 4.02. The number of hydrogen-bond acceptors (Lipinski definition) is 7. The van der Waals surface area contributed by atoms with Crippen LogP contribution in [-0.4, -0.2) is 83.6 Å². The summed E-state index contributed by atoms with van der Waals surface area (Å²) in [5.41, 5.74) is 0. The molecule has 138 valence electrons. The summed E-state index contributed by atoms with van der Waals surface area (Å²) in [6, 6.07) is 2.47. The largest absolute Gasteiger partial charge is 0.481 e. The zero-order chi connectivity index (χ0) is 18.2. The molecule has 2 fully saturated rings. The quantitative estimate of drug-likeness (QED) is 0.693. The number of piperazine rings is 1. The fraction of sp³-hybridized carbons (Fsp3) is 0.600. The molecule has 3 heterocycles. The molecule has 0 aliphatic carbocycles. The van der Waals surface area contributed by atoms with Crippen LogP contribution in [0.1, 0.15) is 22.7 Å². The number of nitrogens with zero attached hydrogens (tertiary/aromatic N) is 2. The van der Waals surface area contributed by atoms with Crippen molar-refractivity contribution in [1.82, 2.24) is 9.80 Å². The molecule has 0 spiro atoms. The molecular weight excluding hydrogens is 352 g/mol. The molecule has 2 aliphatic heterocycles. The Morgan fingerprint density at radius 3 is 2.36 bits per heavy atom. The van der Waals surface area contributed by atoms with E-state index in [2.05, 4.69) is 0 Å². The summed E-state index contributed by atoms with van der Waals surface area (Å²) in [5, 5.41) is 17.8. The normalized spacial score (nSPS) is 26.4. The van der Waals surface area contributed by atoms with Crippen molar-refractivity contribution >= 4 is 21.8 Å². The molecule has 0 unspecified atom stereocenters. The van der Waals surface area contributed by atoms with E-state index < -0.39 is 21.8 Å². The van der Waals surface area contributed by atoms with Gasteiger partial charge in [-0.25, -0.2) is 13.2 Å². The minimum Gasteiger partial charge on any atom is -0.481 e. The van der Waals surface area contributed by atoms with E-state index in [0.29, 0.717) is 31.9 Å². The fourth-order valence-corrected chi connectivity index (χ4v) is 5.63. The maximum Gasteiger partial charge on any atom is 0.371 e. The second-order valence-electron chi connectivity index (χ2n) is 6.43. The van der Waals surface area contributed by atoms with E-state index in [1.807, 2.05) is 9.80 Å². The van der Waals surface area contributed by atoms with Gasteiger partial charge in [-0.05, 0) is 12.1 Å². The van der Waals surface area contributed by atoms with Gasteiger partial charge in [0.15, 0.2) is 9.84 Å². The highest BCUT2D eigenvalue weighted by Crippen LogP contribution is 2.28. The Hall–Kier alpha value is -1.91. The molecule has 1 aromatic heterocycles. The van der Waals surface area contributed by atoms with Gasteiger partial charge in [0, 0.05) is 31.7 Å². The van der Waals surface area contributed by atoms with E-state index in [0.717, 1.165) is 0 Å². The van der Waals surface area contributed by atoms with Crippen LogP contribution < -0.4 is 0 Å². The fourth-order valence-electron chi connectivity index (χ4n) is 3.59. The Morgan fingerprint density at radius 1 is 1.12 bits per heavy atom. The van der Waals surface area contributed by atoms with Crippen LogP contribution in [0, 0.1) is 0 Å². The number of fused-ring (bicyclic) bond motifs is 1. The highest BCUT2D eigenvalue weighted by Gasteiger charge is 2.46. The summed E-state index contributed by atoms with van der Waals surface area (Å²) >= 11 is 0. The first-order valence-corrected chi connectivity index (χ1v) is 9.79. The van der Waals surface area contributed by atoms with Crippen molar-refractivity contribution in [3.05, 3.63) is 23.7 Å². The van der Waals surface area contributed by atoms with Crippen LogP contribution >= 0.6 is 0 Å². The SMILES string of the molecule is O=C(O)CCN1CCN(Cc2ccc(C(=O)O)o2)[C@@H]2CS(=O)(=O)C[C@@H]21. The Labute approximate surface area is 144 Å². The molecule has 2 N–H and O–H groups in total. The van der Waals surface area contributed by atoms with Crippen molar-refractivity contribution in [2.75, 3.05) is 31.1 Å². The molecule has 1 aromatic rings. The van der Waals surface area contributed by atoms with Crippen molar-refractivity contribution in [3.63, 3.8) is 0 Å². The molecule has 10 heteroatoms. The number of hydrogen-bond donors (Lipinski definition) is 2. The lowest BCUT2D eigenvalue weighted by Crippen LogP contribution is -2.58. The number of carboxylic acids is 2. The van der Waals surface area contributed by atoms with Crippen molar-refractivity contribution in [3.8, 4) is 0 Å². The average molecular weight is 372 g/mol. The van der Waals surface area contributed by atoms with Gasteiger partial charge in [-0.1, -0.05) is 0 Å². The summed E-state index contributed by atoms with van der Waals surface area (Å²) in [4.78, 5) is 25.6. The van der Waals surface area contributed by atoms with Gasteiger partial charge < -0.3 is 14.6 Å². The molecule has 0 amide bonds. The van der Waals surface area contributed by atoms with E-state index in [1.165, 1.54) is 6.07 Å². The van der Waals surface area contributed by atoms with Crippen LogP contribution in [0.2, 0.25) is 0 Å². The van der Waals surface area contributed by atoms with Crippen LogP contribution in [-0.2, 0) is 21.2 Å². The van der Waals surface area contributed by atoms with Crippen LogP contribution in [0.25, 0.3) is 0 Å². The minimum absolute atomic E-state index is 0.0202. The van der Waals surface area contributed by atoms with Gasteiger partial charge in [-0.15, -0.1) is 0 Å². The molecule has 2 aliphatic rings. The summed E-state index contributed by atoms with van der Waals surface area (Å²) in [5.74, 6) is -1.69. The van der Waals surface area contributed by atoms with Crippen molar-refractivity contribution in [1.29, 1.82) is 0 Å². The number of carbonyl (C=O) groups is 2. The monoisotopic (exact) mass is 372 g/mol. The van der Waals surface area contributed by atoms with Crippen LogP contribution in [0.15, 0.2) is 16.5 Å². The van der Waals surface area contributed by atoms with Gasteiger partial charge in [-0.2, -0.15) is 0 Å². The summed E-state index contributed by atoms with van der Waals surface area (Å²) < 4.78 is 29.5. The first kappa shape index (κ1) is 17.9. The van der Waals surface area contributed by atoms with Gasteiger partial charge >= 0.3 is 11.9 Å². The predicted octanol–water partition coefficient (Wildman–Crippen LogP) is -0.264. The Balaban J connectivity index is 1.73. The molecule has 2 atom stereocenters. The Morgan fingerprint density at radius 2 is 1.76 bits per heavy atom. The third-order valence-electron chi connectivity index (χ3n) is 4.75. The highest BCUT2D eigenvalue weighted by atomic mass is 32.2. The second-order valence-corrected chi connectivity index (χ2v) is 8.59. The third-order valence-corrected chi connectivity index (χ3v) is 6.45. The summed E-state index contributed by atoms with van der Waals surface area (Å²) in [7, 11) is -3.19. The molecule has 3 rings (SSSR count). The number of carboxylic acid groups (broad SMARTS) is 2. The topological polar surface area (TPSA) is 128 Å². The average Bonchev–Trinajstić information content (AvgIpc) is 3.10. The van der Waals surface area contributed by atoms with E-state index >= 15 is 0 Å². The number of aromatic carboxylic acids is 1. The van der Waals surface area contributed by atoms with E-state index in [4.69, 9.17) is 14.6 Å². The van der Waals surface area contributed by atoms with Crippen LogP contribution in [0.5, 0.6) is 0 Å². The predicted molar refractivity (Wildman–Crippen MR) is 86.1 cm³/mol. The standard InChI is InChI=1S/C15H20N2O7S/c18-14(19)3-4-16-5-6-17(12-9-25(22,23)8-11(12)16)7-10-1-2-13(24-10)15(20)21/h1-2,11-12H,3-9H2,(H,18,19)(H,20,21)/t11-,12+/m0/s1. The molecule has 9 nitrogen and oxygen atoms in total. The molecule has 0 radical (unpaired) electrons. The van der Waals surface area contributed by atoms with Gasteiger partial charge in [-0.3, -0.25) is 14.6 Å². The van der Waals surface area contributed by atoms with E-state index in [9.17, 15) is 18.0 Å². The molecule has 25 heavy (non-hydrogen) atoms. The van der Waals surface area contributed by atoms with Crippen molar-refractivity contribution in [2.24, 2.45) is 0 Å². The molecule has 0 bridgehead atoms. The summed E-state index contributed by atoms with van der Waals surface area (Å²) in [6.45, 7) is 1.79. The number of aliphatic carboxylic acids is 1. The molecular formula is C15H20N2O7S. The molecule has 0 saturated carbocycles. The van der Waals surface area contributed by atoms with Gasteiger partial charge in [0.25, 0.3) is 0 Å². The Bertz CT molecular complexity index is 773. The van der Waals surface area contributed by atoms with Crippen molar-refractivity contribution in [2.45, 2.75) is 25.0 Å². The maximum absolute atomic E-state index is 12.1. The lowest BCUT2D eigenvalue weighted by Gasteiger charge is -2.43.